The fourth-order valence-electron chi connectivity index (χ4n) is 3.07. The first-order chi connectivity index (χ1) is 13.1. The molecule has 0 fully saturated rings. The molecule has 1 unspecified atom stereocenters. The Morgan fingerprint density at radius 2 is 1.79 bits per heavy atom. The summed E-state index contributed by atoms with van der Waals surface area (Å²) in [7, 11) is 0. The van der Waals surface area contributed by atoms with Gasteiger partial charge in [-0.3, -0.25) is 0 Å². The molecule has 0 saturated heterocycles. The van der Waals surface area contributed by atoms with E-state index in [9.17, 15) is 4.79 Å². The van der Waals surface area contributed by atoms with Crippen molar-refractivity contribution < 1.29 is 14.6 Å². The number of para-hydroxylation sites is 1. The minimum absolute atomic E-state index is 0.157. The van der Waals surface area contributed by atoms with Crippen molar-refractivity contribution in [2.45, 2.75) is 39.2 Å². The summed E-state index contributed by atoms with van der Waals surface area (Å²) in [5.74, 6) is 0.691. The Hall–Kier alpha value is -3.01. The van der Waals surface area contributed by atoms with Crippen molar-refractivity contribution in [2.75, 3.05) is 6.54 Å². The van der Waals surface area contributed by atoms with Crippen molar-refractivity contribution in [3.8, 4) is 5.75 Å². The summed E-state index contributed by atoms with van der Waals surface area (Å²) in [5, 5.41) is 11.6. The van der Waals surface area contributed by atoms with Crippen molar-refractivity contribution in [3.05, 3.63) is 78.4 Å². The van der Waals surface area contributed by atoms with Crippen LogP contribution < -0.4 is 10.1 Å². The molecule has 1 amide bonds. The van der Waals surface area contributed by atoms with E-state index < -0.39 is 17.6 Å². The minimum Gasteiger partial charge on any atom is -0.487 e. The SMILES string of the molecule is C=C(C)c1cccc(C(C)(C)C(CNC(=O)O)Oc2ccccc2C(=C)C)c1. The Balaban J connectivity index is 2.44. The minimum atomic E-state index is -1.08. The summed E-state index contributed by atoms with van der Waals surface area (Å²) in [6, 6.07) is 15.8. The first-order valence-corrected chi connectivity index (χ1v) is 9.27. The van der Waals surface area contributed by atoms with E-state index in [1.165, 1.54) is 0 Å². The quantitative estimate of drug-likeness (QED) is 0.614. The molecule has 4 nitrogen and oxygen atoms in total. The Morgan fingerprint density at radius 3 is 2.39 bits per heavy atom. The van der Waals surface area contributed by atoms with Crippen LogP contribution in [0.2, 0.25) is 0 Å². The number of benzene rings is 2. The zero-order chi connectivity index (χ0) is 20.9. The summed E-state index contributed by atoms with van der Waals surface area (Å²) in [5.41, 5.74) is 4.43. The van der Waals surface area contributed by atoms with Gasteiger partial charge in [-0.2, -0.15) is 0 Å². The van der Waals surface area contributed by atoms with E-state index in [4.69, 9.17) is 9.84 Å². The first-order valence-electron chi connectivity index (χ1n) is 9.27. The first kappa shape index (κ1) is 21.3. The Kier molecular flexibility index (Phi) is 6.68. The largest absolute Gasteiger partial charge is 0.487 e. The molecule has 0 heterocycles. The molecule has 0 saturated carbocycles. The van der Waals surface area contributed by atoms with Gasteiger partial charge in [0.1, 0.15) is 11.9 Å². The second-order valence-electron chi connectivity index (χ2n) is 7.65. The number of hydrogen-bond acceptors (Lipinski definition) is 2. The van der Waals surface area contributed by atoms with Crippen LogP contribution in [0.3, 0.4) is 0 Å². The second-order valence-corrected chi connectivity index (χ2v) is 7.65. The van der Waals surface area contributed by atoms with Crippen molar-refractivity contribution in [3.63, 3.8) is 0 Å². The van der Waals surface area contributed by atoms with Crippen LogP contribution in [0, 0.1) is 0 Å². The average Bonchev–Trinajstić information content (AvgIpc) is 2.65. The van der Waals surface area contributed by atoms with Gasteiger partial charge < -0.3 is 15.2 Å². The third kappa shape index (κ3) is 5.03. The second kappa shape index (κ2) is 8.79. The van der Waals surface area contributed by atoms with E-state index in [-0.39, 0.29) is 6.54 Å². The average molecular weight is 380 g/mol. The van der Waals surface area contributed by atoms with Gasteiger partial charge in [0.25, 0.3) is 0 Å². The van der Waals surface area contributed by atoms with Gasteiger partial charge in [0.15, 0.2) is 0 Å². The maximum atomic E-state index is 11.1. The van der Waals surface area contributed by atoms with Crippen molar-refractivity contribution >= 4 is 17.2 Å². The summed E-state index contributed by atoms with van der Waals surface area (Å²) < 4.78 is 6.37. The van der Waals surface area contributed by atoms with Gasteiger partial charge in [-0.15, -0.1) is 0 Å². The fourth-order valence-corrected chi connectivity index (χ4v) is 3.07. The van der Waals surface area contributed by atoms with Gasteiger partial charge >= 0.3 is 6.09 Å². The fraction of sp³-hybridized carbons (Fsp3) is 0.292. The molecule has 0 bridgehead atoms. The summed E-state index contributed by atoms with van der Waals surface area (Å²) in [4.78, 5) is 11.1. The van der Waals surface area contributed by atoms with E-state index in [2.05, 4.69) is 38.4 Å². The van der Waals surface area contributed by atoms with Crippen LogP contribution in [-0.4, -0.2) is 23.8 Å². The molecule has 0 radical (unpaired) electrons. The maximum absolute atomic E-state index is 11.1. The number of amides is 1. The highest BCUT2D eigenvalue weighted by Gasteiger charge is 2.34. The number of allylic oxidation sites excluding steroid dienone is 2. The van der Waals surface area contributed by atoms with Crippen LogP contribution in [0.1, 0.15) is 44.4 Å². The molecule has 2 N–H and O–H groups in total. The normalized spacial score (nSPS) is 12.1. The van der Waals surface area contributed by atoms with Crippen LogP contribution >= 0.6 is 0 Å². The predicted octanol–water partition coefficient (Wildman–Crippen LogP) is 5.75. The van der Waals surface area contributed by atoms with E-state index in [0.29, 0.717) is 5.75 Å². The zero-order valence-electron chi connectivity index (χ0n) is 17.1. The van der Waals surface area contributed by atoms with Gasteiger partial charge in [0.05, 0.1) is 6.54 Å². The third-order valence-corrected chi connectivity index (χ3v) is 4.96. The van der Waals surface area contributed by atoms with Crippen LogP contribution in [0.4, 0.5) is 4.79 Å². The summed E-state index contributed by atoms with van der Waals surface area (Å²) >= 11 is 0. The molecular weight excluding hydrogens is 350 g/mol. The van der Waals surface area contributed by atoms with Gasteiger partial charge in [0, 0.05) is 11.0 Å². The highest BCUT2D eigenvalue weighted by molar-refractivity contribution is 5.67. The molecule has 2 aromatic carbocycles. The predicted molar refractivity (Wildman–Crippen MR) is 116 cm³/mol. The molecule has 28 heavy (non-hydrogen) atoms. The van der Waals surface area contributed by atoms with Crippen LogP contribution in [-0.2, 0) is 5.41 Å². The number of hydrogen-bond donors (Lipinski definition) is 2. The van der Waals surface area contributed by atoms with Crippen LogP contribution in [0.5, 0.6) is 5.75 Å². The molecule has 0 spiro atoms. The van der Waals surface area contributed by atoms with Crippen molar-refractivity contribution in [1.29, 1.82) is 0 Å². The zero-order valence-corrected chi connectivity index (χ0v) is 17.1. The Bertz CT molecular complexity index is 883. The standard InChI is InChI=1S/C24H29NO3/c1-16(2)18-10-9-11-19(14-18)24(5,6)22(15-25-23(26)27)28-21-13-8-7-12-20(21)17(3)4/h7-14,22,25H,1,3,15H2,2,4-6H3,(H,26,27). The van der Waals surface area contributed by atoms with E-state index in [0.717, 1.165) is 27.8 Å². The number of carboxylic acid groups (broad SMARTS) is 1. The smallest absolute Gasteiger partial charge is 0.404 e. The Morgan fingerprint density at radius 1 is 1.11 bits per heavy atom. The molecule has 0 aromatic heterocycles. The lowest BCUT2D eigenvalue weighted by Crippen LogP contribution is -2.46. The lowest BCUT2D eigenvalue weighted by Gasteiger charge is -2.36. The van der Waals surface area contributed by atoms with Gasteiger partial charge in [-0.05, 0) is 36.6 Å². The lowest BCUT2D eigenvalue weighted by atomic mass is 9.78. The molecule has 0 aliphatic heterocycles. The van der Waals surface area contributed by atoms with Crippen molar-refractivity contribution in [1.82, 2.24) is 5.32 Å². The summed E-state index contributed by atoms with van der Waals surface area (Å²) in [6.45, 7) is 16.2. The molecule has 2 rings (SSSR count). The third-order valence-electron chi connectivity index (χ3n) is 4.96. The van der Waals surface area contributed by atoms with Gasteiger partial charge in [0.2, 0.25) is 0 Å². The number of nitrogens with one attached hydrogen (secondary N) is 1. The monoisotopic (exact) mass is 379 g/mol. The molecule has 0 aliphatic rings. The van der Waals surface area contributed by atoms with Gasteiger partial charge in [-0.25, -0.2) is 4.79 Å². The number of rotatable bonds is 8. The molecule has 2 aromatic rings. The van der Waals surface area contributed by atoms with Crippen LogP contribution in [0.15, 0.2) is 61.7 Å². The van der Waals surface area contributed by atoms with Crippen molar-refractivity contribution in [2.24, 2.45) is 0 Å². The van der Waals surface area contributed by atoms with E-state index in [1.54, 1.807) is 0 Å². The highest BCUT2D eigenvalue weighted by Crippen LogP contribution is 2.34. The number of ether oxygens (including phenoxy) is 1. The van der Waals surface area contributed by atoms with E-state index >= 15 is 0 Å². The molecule has 4 heteroatoms. The molecular formula is C24H29NO3. The van der Waals surface area contributed by atoms with Gasteiger partial charge in [-0.1, -0.05) is 75.0 Å². The Labute approximate surface area is 167 Å². The molecule has 0 aliphatic carbocycles. The maximum Gasteiger partial charge on any atom is 0.404 e. The number of carbonyl (C=O) groups is 1. The van der Waals surface area contributed by atoms with Crippen LogP contribution in [0.25, 0.3) is 11.1 Å². The molecule has 148 valence electrons. The topological polar surface area (TPSA) is 58.6 Å². The lowest BCUT2D eigenvalue weighted by molar-refractivity contribution is 0.119. The van der Waals surface area contributed by atoms with E-state index in [1.807, 2.05) is 56.3 Å². The summed E-state index contributed by atoms with van der Waals surface area (Å²) in [6.07, 6.45) is -1.50. The highest BCUT2D eigenvalue weighted by atomic mass is 16.5. The molecule has 1 atom stereocenters.